The van der Waals surface area contributed by atoms with Crippen molar-refractivity contribution in [2.45, 2.75) is 26.4 Å². The highest BCUT2D eigenvalue weighted by molar-refractivity contribution is 5.68. The molecule has 0 atom stereocenters. The summed E-state index contributed by atoms with van der Waals surface area (Å²) in [6.07, 6.45) is 4.87. The summed E-state index contributed by atoms with van der Waals surface area (Å²) in [5, 5.41) is 0. The molecule has 0 unspecified atom stereocenters. The molecule has 0 heterocycles. The van der Waals surface area contributed by atoms with Crippen LogP contribution in [0.1, 0.15) is 20.8 Å². The van der Waals surface area contributed by atoms with E-state index in [2.05, 4.69) is 5.92 Å². The Hall–Kier alpha value is -1.21. The molecule has 0 saturated carbocycles. The van der Waals surface area contributed by atoms with E-state index >= 15 is 0 Å². The van der Waals surface area contributed by atoms with Crippen LogP contribution < -0.4 is 0 Å². The summed E-state index contributed by atoms with van der Waals surface area (Å²) >= 11 is 0. The summed E-state index contributed by atoms with van der Waals surface area (Å²) in [5.41, 5.74) is -0.484. The summed E-state index contributed by atoms with van der Waals surface area (Å²) in [4.78, 5) is 15.3. The van der Waals surface area contributed by atoms with Gasteiger partial charge in [-0.2, -0.15) is 0 Å². The maximum absolute atomic E-state index is 11.8. The highest BCUT2D eigenvalue weighted by Gasteiger charge is 2.21. The lowest BCUT2D eigenvalue weighted by atomic mass is 10.2. The molecule has 0 aliphatic carbocycles. The van der Waals surface area contributed by atoms with Gasteiger partial charge in [-0.05, 0) is 34.9 Å². The third-order valence-corrected chi connectivity index (χ3v) is 1.75. The van der Waals surface area contributed by atoms with Gasteiger partial charge in [0.25, 0.3) is 0 Å². The molecule has 16 heavy (non-hydrogen) atoms. The molecule has 0 fully saturated rings. The van der Waals surface area contributed by atoms with Gasteiger partial charge in [0, 0.05) is 13.1 Å². The minimum Gasteiger partial charge on any atom is -0.444 e. The zero-order valence-electron chi connectivity index (χ0n) is 10.9. The predicted molar refractivity (Wildman–Crippen MR) is 65.2 cm³/mol. The average Bonchev–Trinajstić information content (AvgIpc) is 2.08. The number of carbonyl (C=O) groups is 1. The summed E-state index contributed by atoms with van der Waals surface area (Å²) < 4.78 is 5.26. The molecule has 4 heteroatoms. The van der Waals surface area contributed by atoms with Crippen LogP contribution in [0.5, 0.6) is 0 Å². The van der Waals surface area contributed by atoms with Gasteiger partial charge in [0.2, 0.25) is 0 Å². The van der Waals surface area contributed by atoms with E-state index in [1.54, 1.807) is 0 Å². The summed E-state index contributed by atoms with van der Waals surface area (Å²) in [6.45, 7) is 7.14. The second-order valence-corrected chi connectivity index (χ2v) is 4.91. The van der Waals surface area contributed by atoms with Gasteiger partial charge in [-0.1, -0.05) is 5.92 Å². The smallest absolute Gasteiger partial charge is 0.411 e. The maximum atomic E-state index is 11.8. The largest absolute Gasteiger partial charge is 0.444 e. The van der Waals surface area contributed by atoms with Crippen molar-refractivity contribution < 1.29 is 9.53 Å². The van der Waals surface area contributed by atoms with Crippen molar-refractivity contribution in [3.63, 3.8) is 0 Å². The van der Waals surface area contributed by atoms with Crippen LogP contribution in [0.3, 0.4) is 0 Å². The molecule has 0 N–H and O–H groups in total. The van der Waals surface area contributed by atoms with Crippen LogP contribution in [0.25, 0.3) is 0 Å². The summed E-state index contributed by atoms with van der Waals surface area (Å²) in [5.74, 6) is 2.46. The second kappa shape index (κ2) is 6.39. The van der Waals surface area contributed by atoms with Crippen LogP contribution in [0, 0.1) is 12.3 Å². The normalized spacial score (nSPS) is 11.1. The van der Waals surface area contributed by atoms with Gasteiger partial charge in [-0.25, -0.2) is 4.79 Å². The minimum atomic E-state index is -0.484. The first-order valence-electron chi connectivity index (χ1n) is 5.32. The second-order valence-electron chi connectivity index (χ2n) is 4.91. The van der Waals surface area contributed by atoms with Gasteiger partial charge in [0.1, 0.15) is 5.60 Å². The van der Waals surface area contributed by atoms with Crippen LogP contribution in [-0.2, 0) is 4.74 Å². The molecule has 0 aliphatic heterocycles. The summed E-state index contributed by atoms with van der Waals surface area (Å²) in [7, 11) is 3.90. The van der Waals surface area contributed by atoms with E-state index in [1.807, 2.05) is 39.8 Å². The third kappa shape index (κ3) is 7.13. The Labute approximate surface area is 98.5 Å². The first kappa shape index (κ1) is 14.8. The molecule has 1 amide bonds. The molecular formula is C12H22N2O2. The molecule has 0 aliphatic rings. The number of rotatable bonds is 4. The molecule has 0 aromatic carbocycles. The minimum absolute atomic E-state index is 0.281. The lowest BCUT2D eigenvalue weighted by Gasteiger charge is -2.26. The van der Waals surface area contributed by atoms with E-state index in [-0.39, 0.29) is 12.6 Å². The van der Waals surface area contributed by atoms with Crippen molar-refractivity contribution in [1.82, 2.24) is 9.80 Å². The van der Waals surface area contributed by atoms with E-state index in [0.717, 1.165) is 6.54 Å². The SMILES string of the molecule is C#CCN(CCN(C)C)C(=O)OC(C)(C)C. The Morgan fingerprint density at radius 2 is 1.88 bits per heavy atom. The van der Waals surface area contributed by atoms with Crippen molar-refractivity contribution in [2.24, 2.45) is 0 Å². The fraction of sp³-hybridized carbons (Fsp3) is 0.750. The Bertz CT molecular complexity index is 261. The van der Waals surface area contributed by atoms with Gasteiger partial charge < -0.3 is 9.64 Å². The Morgan fingerprint density at radius 3 is 2.25 bits per heavy atom. The van der Waals surface area contributed by atoms with Crippen LogP contribution in [0.2, 0.25) is 0 Å². The predicted octanol–water partition coefficient (Wildman–Crippen LogP) is 1.42. The van der Waals surface area contributed by atoms with Crippen molar-refractivity contribution in [2.75, 3.05) is 33.7 Å². The van der Waals surface area contributed by atoms with E-state index < -0.39 is 5.60 Å². The fourth-order valence-electron chi connectivity index (χ4n) is 0.992. The van der Waals surface area contributed by atoms with Crippen LogP contribution >= 0.6 is 0 Å². The molecule has 0 rings (SSSR count). The number of terminal acetylenes is 1. The first-order chi connectivity index (χ1) is 7.26. The Balaban J connectivity index is 4.30. The van der Waals surface area contributed by atoms with Crippen molar-refractivity contribution in [1.29, 1.82) is 0 Å². The number of hydrogen-bond acceptors (Lipinski definition) is 3. The lowest BCUT2D eigenvalue weighted by molar-refractivity contribution is 0.0266. The molecule has 0 bridgehead atoms. The molecule has 0 saturated heterocycles. The number of amides is 1. The van der Waals surface area contributed by atoms with E-state index in [0.29, 0.717) is 6.54 Å². The zero-order chi connectivity index (χ0) is 12.8. The molecule has 0 spiro atoms. The number of hydrogen-bond donors (Lipinski definition) is 0. The molecular weight excluding hydrogens is 204 g/mol. The van der Waals surface area contributed by atoms with Crippen molar-refractivity contribution in [3.8, 4) is 12.3 Å². The average molecular weight is 226 g/mol. The quantitative estimate of drug-likeness (QED) is 0.680. The Morgan fingerprint density at radius 1 is 1.31 bits per heavy atom. The molecule has 0 aromatic rings. The van der Waals surface area contributed by atoms with E-state index in [4.69, 9.17) is 11.2 Å². The number of carbonyl (C=O) groups excluding carboxylic acids is 1. The lowest BCUT2D eigenvalue weighted by Crippen LogP contribution is -2.40. The number of nitrogens with zero attached hydrogens (tertiary/aromatic N) is 2. The third-order valence-electron chi connectivity index (χ3n) is 1.75. The summed E-state index contributed by atoms with van der Waals surface area (Å²) in [6, 6.07) is 0. The van der Waals surface area contributed by atoms with Gasteiger partial charge in [-0.3, -0.25) is 4.90 Å². The van der Waals surface area contributed by atoms with Crippen LogP contribution in [0.15, 0.2) is 0 Å². The number of ether oxygens (including phenoxy) is 1. The topological polar surface area (TPSA) is 32.8 Å². The van der Waals surface area contributed by atoms with E-state index in [1.165, 1.54) is 4.90 Å². The fourth-order valence-corrected chi connectivity index (χ4v) is 0.992. The molecule has 0 aromatic heterocycles. The standard InChI is InChI=1S/C12H22N2O2/c1-7-8-14(10-9-13(5)6)11(15)16-12(2,3)4/h1H,8-10H2,2-6H3. The van der Waals surface area contributed by atoms with Gasteiger partial charge in [-0.15, -0.1) is 6.42 Å². The van der Waals surface area contributed by atoms with Gasteiger partial charge >= 0.3 is 6.09 Å². The van der Waals surface area contributed by atoms with Crippen LogP contribution in [-0.4, -0.2) is 55.2 Å². The molecule has 0 radical (unpaired) electrons. The monoisotopic (exact) mass is 226 g/mol. The van der Waals surface area contributed by atoms with Gasteiger partial charge in [0.15, 0.2) is 0 Å². The molecule has 4 nitrogen and oxygen atoms in total. The van der Waals surface area contributed by atoms with Crippen molar-refractivity contribution in [3.05, 3.63) is 0 Å². The van der Waals surface area contributed by atoms with Gasteiger partial charge in [0.05, 0.1) is 6.54 Å². The number of likely N-dealkylation sites (N-methyl/N-ethyl adjacent to an activating group) is 1. The maximum Gasteiger partial charge on any atom is 0.411 e. The van der Waals surface area contributed by atoms with Crippen molar-refractivity contribution >= 4 is 6.09 Å². The highest BCUT2D eigenvalue weighted by atomic mass is 16.6. The first-order valence-corrected chi connectivity index (χ1v) is 5.32. The Kier molecular flexibility index (Phi) is 5.91. The zero-order valence-corrected chi connectivity index (χ0v) is 10.9. The highest BCUT2D eigenvalue weighted by Crippen LogP contribution is 2.09. The molecule has 92 valence electrons. The van der Waals surface area contributed by atoms with E-state index in [9.17, 15) is 4.79 Å². The van der Waals surface area contributed by atoms with Crippen LogP contribution in [0.4, 0.5) is 4.79 Å².